The van der Waals surface area contributed by atoms with Crippen LogP contribution >= 0.6 is 0 Å². The van der Waals surface area contributed by atoms with E-state index in [9.17, 15) is 28.8 Å². The number of benzene rings is 6. The number of amides is 3. The molecule has 570 valence electrons. The van der Waals surface area contributed by atoms with Crippen molar-refractivity contribution in [1.29, 1.82) is 0 Å². The molecule has 0 aliphatic rings. The predicted octanol–water partition coefficient (Wildman–Crippen LogP) is 14.6. The van der Waals surface area contributed by atoms with Crippen LogP contribution in [-0.4, -0.2) is 93.8 Å². The second-order valence-electron chi connectivity index (χ2n) is 27.6. The molecule has 0 saturated heterocycles. The molecule has 115 heavy (non-hydrogen) atoms. The highest BCUT2D eigenvalue weighted by molar-refractivity contribution is 6.09. The van der Waals surface area contributed by atoms with Gasteiger partial charge in [-0.05, 0) is 184 Å². The Hall–Kier alpha value is -15.1. The molecule has 11 aromatic heterocycles. The Morgan fingerprint density at radius 1 is 0.409 bits per heavy atom. The van der Waals surface area contributed by atoms with Crippen molar-refractivity contribution in [2.75, 3.05) is 12.8 Å². The number of carbonyl (C=O) groups excluding carboxylic acids is 3. The fourth-order valence-electron chi connectivity index (χ4n) is 14.4. The predicted molar refractivity (Wildman–Crippen MR) is 444 cm³/mol. The van der Waals surface area contributed by atoms with Gasteiger partial charge in [-0.1, -0.05) is 109 Å². The van der Waals surface area contributed by atoms with Crippen LogP contribution < -0.4 is 47.8 Å². The van der Waals surface area contributed by atoms with E-state index in [1.54, 1.807) is 118 Å². The zero-order valence-corrected chi connectivity index (χ0v) is 63.9. The number of aryl methyl sites for hydroxylation is 2. The summed E-state index contributed by atoms with van der Waals surface area (Å²) in [6.07, 6.45) is 13.3. The lowest BCUT2D eigenvalue weighted by Gasteiger charge is -2.22. The summed E-state index contributed by atoms with van der Waals surface area (Å²) in [6, 6.07) is 66.0. The molecule has 5 N–H and O–H groups in total. The number of fused-ring (bicyclic) bond motifs is 6. The number of rotatable bonds is 17. The fraction of sp³-hybridized carbons (Fsp3) is 0.133. The van der Waals surface area contributed by atoms with Gasteiger partial charge in [0.05, 0.1) is 59.0 Å². The summed E-state index contributed by atoms with van der Waals surface area (Å²) in [6.45, 7) is 13.0. The fourth-order valence-corrected chi connectivity index (χ4v) is 14.4. The smallest absolute Gasteiger partial charge is 0.263 e. The lowest BCUT2D eigenvalue weighted by atomic mass is 9.98. The van der Waals surface area contributed by atoms with Gasteiger partial charge in [0.2, 0.25) is 11.8 Å². The quantitative estimate of drug-likeness (QED) is 0.0658. The van der Waals surface area contributed by atoms with E-state index in [2.05, 4.69) is 56.1 Å². The molecule has 6 aromatic carbocycles. The Labute approximate surface area is 658 Å². The Bertz CT molecular complexity index is 6780. The molecule has 0 spiro atoms. The number of anilines is 1. The number of nitrogens with zero attached hydrogens (tertiary/aromatic N) is 13. The first kappa shape index (κ1) is 75.3. The summed E-state index contributed by atoms with van der Waals surface area (Å²) in [5, 5.41) is 22.7. The number of para-hydroxylation sites is 3. The van der Waals surface area contributed by atoms with Gasteiger partial charge in [0.25, 0.3) is 34.4 Å². The molecule has 0 unspecified atom stereocenters. The lowest BCUT2D eigenvalue weighted by Crippen LogP contribution is -2.32. The van der Waals surface area contributed by atoms with Gasteiger partial charge in [0.1, 0.15) is 22.5 Å². The van der Waals surface area contributed by atoms with Crippen LogP contribution in [0.4, 0.5) is 5.82 Å². The molecular formula is C90H77N17O8. The Kier molecular flexibility index (Phi) is 21.2. The van der Waals surface area contributed by atoms with E-state index in [1.807, 2.05) is 229 Å². The van der Waals surface area contributed by atoms with Gasteiger partial charge in [-0.15, -0.1) is 0 Å². The van der Waals surface area contributed by atoms with Crippen LogP contribution in [0.15, 0.2) is 282 Å². The van der Waals surface area contributed by atoms with Crippen LogP contribution in [0.25, 0.3) is 93.8 Å². The summed E-state index contributed by atoms with van der Waals surface area (Å²) < 4.78 is 19.3. The molecule has 3 atom stereocenters. The number of ether oxygens (including phenoxy) is 2. The lowest BCUT2D eigenvalue weighted by molar-refractivity contribution is 0.0931. The molecule has 0 aliphatic heterocycles. The SMILES string of the molecule is COc1cc(-c2cccc3cc([C@H](C)NC(=O)c4c(N)ncc5cccnc45)n(-c4ccccc4)c(=O)c23)ccn1.Cc1nn2cccnc2c1C(=O)N[C@@H](C)c1cc2cccc(-c3ccnc(OC(C)C)c3)c2c(=O)n1-c1ccccc1.Cc1nn2cccnc2c1C(=O)N[C@@H](C)c1cc2ccccc2c(=O)n1-c1ccccc1. The largest absolute Gasteiger partial charge is 0.481 e. The van der Waals surface area contributed by atoms with Crippen molar-refractivity contribution < 1.29 is 23.9 Å². The molecule has 11 heterocycles. The van der Waals surface area contributed by atoms with Gasteiger partial charge in [0.15, 0.2) is 11.3 Å². The van der Waals surface area contributed by atoms with Crippen LogP contribution in [0.1, 0.15) is 112 Å². The molecule has 25 nitrogen and oxygen atoms in total. The summed E-state index contributed by atoms with van der Waals surface area (Å²) in [5.74, 6) is -0.0114. The molecule has 0 radical (unpaired) electrons. The first-order chi connectivity index (χ1) is 55.8. The van der Waals surface area contributed by atoms with E-state index in [4.69, 9.17) is 15.2 Å². The molecular weight excluding hydrogens is 1450 g/mol. The van der Waals surface area contributed by atoms with E-state index >= 15 is 0 Å². The van der Waals surface area contributed by atoms with E-state index < -0.39 is 24.0 Å². The van der Waals surface area contributed by atoms with Crippen LogP contribution in [0.2, 0.25) is 0 Å². The number of aromatic nitrogens is 13. The minimum atomic E-state index is -0.581. The summed E-state index contributed by atoms with van der Waals surface area (Å²) in [4.78, 5) is 108. The van der Waals surface area contributed by atoms with Crippen molar-refractivity contribution >= 4 is 78.1 Å². The maximum absolute atomic E-state index is 14.4. The van der Waals surface area contributed by atoms with Crippen molar-refractivity contribution in [3.63, 3.8) is 0 Å². The van der Waals surface area contributed by atoms with Crippen LogP contribution in [0, 0.1) is 13.8 Å². The zero-order valence-electron chi connectivity index (χ0n) is 63.9. The van der Waals surface area contributed by atoms with Gasteiger partial charge in [-0.25, -0.2) is 34.0 Å². The van der Waals surface area contributed by atoms with E-state index in [-0.39, 0.29) is 46.0 Å². The molecule has 17 aromatic rings. The maximum Gasteiger partial charge on any atom is 0.263 e. The third-order valence-electron chi connectivity index (χ3n) is 19.7. The van der Waals surface area contributed by atoms with Crippen molar-refractivity contribution in [1.82, 2.24) is 78.8 Å². The molecule has 0 aliphatic carbocycles. The minimum absolute atomic E-state index is 0.0323. The first-order valence-electron chi connectivity index (χ1n) is 37.2. The van der Waals surface area contributed by atoms with Crippen molar-refractivity contribution in [3.05, 3.63) is 344 Å². The topological polar surface area (TPSA) is 310 Å². The molecule has 25 heteroatoms. The summed E-state index contributed by atoms with van der Waals surface area (Å²) in [5.41, 5.74) is 16.4. The van der Waals surface area contributed by atoms with Crippen molar-refractivity contribution in [3.8, 4) is 51.1 Å². The van der Waals surface area contributed by atoms with Gasteiger partial charge in [0, 0.05) is 107 Å². The van der Waals surface area contributed by atoms with E-state index in [0.717, 1.165) is 44.1 Å². The Morgan fingerprint density at radius 3 is 1.31 bits per heavy atom. The third kappa shape index (κ3) is 15.1. The second-order valence-corrected chi connectivity index (χ2v) is 27.6. The van der Waals surface area contributed by atoms with Gasteiger partial charge < -0.3 is 31.2 Å². The van der Waals surface area contributed by atoms with Crippen LogP contribution in [0.5, 0.6) is 11.8 Å². The average Bonchev–Trinajstić information content (AvgIpc) is 1.49. The highest BCUT2D eigenvalue weighted by atomic mass is 16.5. The van der Waals surface area contributed by atoms with Crippen molar-refractivity contribution in [2.45, 2.75) is 72.7 Å². The van der Waals surface area contributed by atoms with E-state index in [0.29, 0.717) is 101 Å². The van der Waals surface area contributed by atoms with Crippen LogP contribution in [0.3, 0.4) is 0 Å². The molecule has 17 rings (SSSR count). The molecule has 3 amide bonds. The Morgan fingerprint density at radius 2 is 0.826 bits per heavy atom. The maximum atomic E-state index is 14.4. The standard InChI is InChI=1S/C33H30N6O3.C32H26N6O3.C25H21N5O2/c1-20(2)42-28-19-23(14-16-34-28)26-13-8-10-24-18-27(39(33(41)30(24)26)25-11-6-5-7-12-25)21(3)36-32(40)29-22(4)37-38-17-9-15-35-31(29)38;1-19(37-31(39)28-29-22(9-7-14-35-29)18-36-30(28)33)25-16-21-8-6-12-24(20-13-15-34-26(17-20)41-2)27(21)32(40)38(25)23-10-4-3-5-11-23;1-16(27-24(31)22-17(2)28-29-14-8-13-26-23(22)29)21-15-18-9-6-7-12-20(18)25(32)30(21)19-10-4-3-5-11-19/h5-21H,1-4H3,(H,36,40);3-19H,1-2H3,(H2,33,36)(H,37,39);3-16H,1-2H3,(H,27,31)/t21-;19-;16-/m000/s1. The normalized spacial score (nSPS) is 12.0. The highest BCUT2D eigenvalue weighted by Crippen LogP contribution is 2.35. The Balaban J connectivity index is 0.000000137. The number of hydrogen-bond donors (Lipinski definition) is 4. The molecule has 0 fully saturated rings. The van der Waals surface area contributed by atoms with E-state index in [1.165, 1.54) is 0 Å². The van der Waals surface area contributed by atoms with Gasteiger partial charge in [-0.2, -0.15) is 10.2 Å². The number of nitrogens with two attached hydrogens (primary N) is 1. The average molecular weight is 1520 g/mol. The number of pyridine rings is 7. The number of carbonyl (C=O) groups is 3. The zero-order chi connectivity index (χ0) is 80.1. The minimum Gasteiger partial charge on any atom is -0.481 e. The molecule has 0 bridgehead atoms. The summed E-state index contributed by atoms with van der Waals surface area (Å²) >= 11 is 0. The number of hydrogen-bond acceptors (Lipinski definition) is 17. The first-order valence-corrected chi connectivity index (χ1v) is 37.2. The number of nitrogen functional groups attached to an aromatic ring is 1. The highest BCUT2D eigenvalue weighted by Gasteiger charge is 2.28. The van der Waals surface area contributed by atoms with Gasteiger partial charge >= 0.3 is 0 Å². The molecule has 0 saturated carbocycles. The monoisotopic (exact) mass is 1520 g/mol. The second kappa shape index (κ2) is 32.4. The van der Waals surface area contributed by atoms with Crippen LogP contribution in [-0.2, 0) is 0 Å². The summed E-state index contributed by atoms with van der Waals surface area (Å²) in [7, 11) is 1.55. The third-order valence-corrected chi connectivity index (χ3v) is 19.7. The van der Waals surface area contributed by atoms with Gasteiger partial charge in [-0.3, -0.25) is 47.5 Å². The van der Waals surface area contributed by atoms with Crippen molar-refractivity contribution in [2.24, 2.45) is 0 Å². The number of nitrogens with one attached hydrogen (secondary N) is 3. The number of methoxy groups -OCH3 is 1.